The fourth-order valence-electron chi connectivity index (χ4n) is 2.08. The zero-order chi connectivity index (χ0) is 14.6. The van der Waals surface area contributed by atoms with Gasteiger partial charge < -0.3 is 10.4 Å². The van der Waals surface area contributed by atoms with Crippen LogP contribution in [-0.2, 0) is 4.79 Å². The second-order valence-electron chi connectivity index (χ2n) is 4.79. The van der Waals surface area contributed by atoms with E-state index in [0.717, 1.165) is 18.6 Å². The molecule has 1 fully saturated rings. The number of nitrogens with one attached hydrogen (secondary N) is 1. The summed E-state index contributed by atoms with van der Waals surface area (Å²) >= 11 is 7.62. The summed E-state index contributed by atoms with van der Waals surface area (Å²) in [4.78, 5) is 12.4. The predicted octanol–water partition coefficient (Wildman–Crippen LogP) is 2.91. The van der Waals surface area contributed by atoms with Gasteiger partial charge in [-0.05, 0) is 43.7 Å². The molecule has 20 heavy (non-hydrogen) atoms. The Hall–Kier alpha value is -1.15. The highest BCUT2D eigenvalue weighted by Crippen LogP contribution is 2.38. The molecule has 0 spiro atoms. The molecule has 1 unspecified atom stereocenters. The van der Waals surface area contributed by atoms with Crippen LogP contribution in [0.4, 0.5) is 5.69 Å². The topological polar surface area (TPSA) is 49.3 Å². The first-order valence-electron chi connectivity index (χ1n) is 6.40. The first-order chi connectivity index (χ1) is 9.55. The minimum atomic E-state index is -0.374. The quantitative estimate of drug-likeness (QED) is 0.826. The van der Waals surface area contributed by atoms with E-state index in [0.29, 0.717) is 16.3 Å². The van der Waals surface area contributed by atoms with Crippen LogP contribution in [0.2, 0.25) is 5.02 Å². The van der Waals surface area contributed by atoms with Crippen LogP contribution in [0, 0.1) is 11.8 Å². The van der Waals surface area contributed by atoms with Crippen LogP contribution in [0.5, 0.6) is 0 Å². The van der Waals surface area contributed by atoms with Crippen molar-refractivity contribution >= 4 is 35.0 Å². The van der Waals surface area contributed by atoms with Crippen molar-refractivity contribution in [2.75, 3.05) is 17.7 Å². The third-order valence-corrected chi connectivity index (χ3v) is 4.99. The molecule has 1 atom stereocenters. The van der Waals surface area contributed by atoms with Crippen LogP contribution < -0.4 is 5.32 Å². The molecule has 1 aliphatic heterocycles. The number of rotatable bonds is 2. The Morgan fingerprint density at radius 1 is 1.60 bits per heavy atom. The van der Waals surface area contributed by atoms with Gasteiger partial charge in [-0.2, -0.15) is 0 Å². The fourth-order valence-corrected chi connectivity index (χ4v) is 3.46. The summed E-state index contributed by atoms with van der Waals surface area (Å²) in [5, 5.41) is 12.3. The van der Waals surface area contributed by atoms with Gasteiger partial charge in [0.25, 0.3) is 0 Å². The Morgan fingerprint density at radius 3 is 3.05 bits per heavy atom. The van der Waals surface area contributed by atoms with Gasteiger partial charge in [-0.15, -0.1) is 11.8 Å². The van der Waals surface area contributed by atoms with Crippen molar-refractivity contribution in [1.82, 2.24) is 0 Å². The molecule has 106 valence electrons. The lowest BCUT2D eigenvalue weighted by Gasteiger charge is -2.22. The lowest BCUT2D eigenvalue weighted by molar-refractivity contribution is -0.118. The van der Waals surface area contributed by atoms with Gasteiger partial charge in [0, 0.05) is 10.6 Å². The smallest absolute Gasteiger partial charge is 0.240 e. The number of benzene rings is 1. The highest BCUT2D eigenvalue weighted by molar-refractivity contribution is 8.01. The van der Waals surface area contributed by atoms with Crippen molar-refractivity contribution in [2.24, 2.45) is 0 Å². The van der Waals surface area contributed by atoms with Gasteiger partial charge in [0.05, 0.1) is 10.4 Å². The number of amides is 1. The van der Waals surface area contributed by atoms with E-state index >= 15 is 0 Å². The largest absolute Gasteiger partial charge is 0.384 e. The Bertz CT molecular complexity index is 571. The van der Waals surface area contributed by atoms with Crippen LogP contribution in [-0.4, -0.2) is 28.1 Å². The van der Waals surface area contributed by atoms with E-state index in [1.54, 1.807) is 30.0 Å². The molecule has 0 bridgehead atoms. The summed E-state index contributed by atoms with van der Waals surface area (Å²) < 4.78 is -0.374. The number of thioether (sulfide) groups is 1. The first-order valence-corrected chi connectivity index (χ1v) is 7.76. The molecule has 1 aliphatic rings. The van der Waals surface area contributed by atoms with Crippen LogP contribution >= 0.6 is 23.4 Å². The molecule has 0 radical (unpaired) electrons. The van der Waals surface area contributed by atoms with Crippen molar-refractivity contribution in [1.29, 1.82) is 0 Å². The molecule has 2 rings (SSSR count). The maximum Gasteiger partial charge on any atom is 0.240 e. The van der Waals surface area contributed by atoms with E-state index < -0.39 is 0 Å². The van der Waals surface area contributed by atoms with Gasteiger partial charge in [0.15, 0.2) is 0 Å². The zero-order valence-electron chi connectivity index (χ0n) is 11.2. The highest BCUT2D eigenvalue weighted by atomic mass is 35.5. The Labute approximate surface area is 128 Å². The fraction of sp³-hybridized carbons (Fsp3) is 0.400. The standard InChI is InChI=1S/C15H16ClNO2S/c1-15(7-3-9-20-15)14(19)17-13-6-5-12(16)10-11(13)4-2-8-18/h5-6,10,18H,3,7-9H2,1H3,(H,17,19). The van der Waals surface area contributed by atoms with Crippen LogP contribution in [0.25, 0.3) is 0 Å². The number of carbonyl (C=O) groups is 1. The van der Waals surface area contributed by atoms with Crippen molar-refractivity contribution in [3.05, 3.63) is 28.8 Å². The molecule has 3 nitrogen and oxygen atoms in total. The summed E-state index contributed by atoms with van der Waals surface area (Å²) in [5.74, 6) is 6.39. The predicted molar refractivity (Wildman–Crippen MR) is 84.1 cm³/mol. The van der Waals surface area contributed by atoms with Crippen molar-refractivity contribution in [3.8, 4) is 11.8 Å². The average molecular weight is 310 g/mol. The monoisotopic (exact) mass is 309 g/mol. The minimum Gasteiger partial charge on any atom is -0.384 e. The highest BCUT2D eigenvalue weighted by Gasteiger charge is 2.37. The molecule has 2 N–H and O–H groups in total. The van der Waals surface area contributed by atoms with E-state index in [1.165, 1.54) is 0 Å². The Balaban J connectivity index is 2.22. The van der Waals surface area contributed by atoms with E-state index in [-0.39, 0.29) is 17.3 Å². The third kappa shape index (κ3) is 3.49. The van der Waals surface area contributed by atoms with Gasteiger partial charge in [0.1, 0.15) is 6.61 Å². The number of carbonyl (C=O) groups excluding carboxylic acids is 1. The van der Waals surface area contributed by atoms with Crippen LogP contribution in [0.1, 0.15) is 25.3 Å². The van der Waals surface area contributed by atoms with E-state index in [2.05, 4.69) is 17.2 Å². The summed E-state index contributed by atoms with van der Waals surface area (Å²) in [6, 6.07) is 5.14. The summed E-state index contributed by atoms with van der Waals surface area (Å²) in [6.45, 7) is 1.74. The lowest BCUT2D eigenvalue weighted by atomic mass is 10.0. The van der Waals surface area contributed by atoms with Crippen molar-refractivity contribution < 1.29 is 9.90 Å². The number of hydrogen-bond donors (Lipinski definition) is 2. The summed E-state index contributed by atoms with van der Waals surface area (Å²) in [5.41, 5.74) is 1.25. The molecule has 0 aliphatic carbocycles. The minimum absolute atomic E-state index is 0.00521. The zero-order valence-corrected chi connectivity index (χ0v) is 12.8. The second-order valence-corrected chi connectivity index (χ2v) is 6.82. The molecule has 0 saturated carbocycles. The molecular formula is C15H16ClNO2S. The van der Waals surface area contributed by atoms with Crippen LogP contribution in [0.3, 0.4) is 0 Å². The van der Waals surface area contributed by atoms with E-state index in [9.17, 15) is 4.79 Å². The molecule has 1 heterocycles. The normalized spacial score (nSPS) is 21.1. The molecule has 1 aromatic carbocycles. The number of anilines is 1. The molecule has 1 amide bonds. The lowest BCUT2D eigenvalue weighted by Crippen LogP contribution is -2.34. The van der Waals surface area contributed by atoms with Crippen molar-refractivity contribution in [2.45, 2.75) is 24.5 Å². The van der Waals surface area contributed by atoms with Crippen LogP contribution in [0.15, 0.2) is 18.2 Å². The first kappa shape index (κ1) is 15.2. The maximum absolute atomic E-state index is 12.4. The summed E-state index contributed by atoms with van der Waals surface area (Å²) in [6.07, 6.45) is 1.95. The number of aliphatic hydroxyl groups is 1. The second kappa shape index (κ2) is 6.53. The molecule has 5 heteroatoms. The van der Waals surface area contributed by atoms with Gasteiger partial charge in [0.2, 0.25) is 5.91 Å². The van der Waals surface area contributed by atoms with Crippen molar-refractivity contribution in [3.63, 3.8) is 0 Å². The van der Waals surface area contributed by atoms with Gasteiger partial charge in [-0.3, -0.25) is 4.79 Å². The Morgan fingerprint density at radius 2 is 2.40 bits per heavy atom. The number of hydrogen-bond acceptors (Lipinski definition) is 3. The molecular weight excluding hydrogens is 294 g/mol. The van der Waals surface area contributed by atoms with Gasteiger partial charge in [-0.25, -0.2) is 0 Å². The van der Waals surface area contributed by atoms with E-state index in [1.807, 2.05) is 6.92 Å². The van der Waals surface area contributed by atoms with E-state index in [4.69, 9.17) is 16.7 Å². The van der Waals surface area contributed by atoms with Gasteiger partial charge in [-0.1, -0.05) is 23.4 Å². The molecule has 0 aromatic heterocycles. The SMILES string of the molecule is CC1(C(=O)Nc2ccc(Cl)cc2C#CCO)CCCS1. The molecule has 1 aromatic rings. The molecule has 1 saturated heterocycles. The maximum atomic E-state index is 12.4. The average Bonchev–Trinajstić information content (AvgIpc) is 2.87. The number of halogens is 1. The number of aliphatic hydroxyl groups excluding tert-OH is 1. The van der Waals surface area contributed by atoms with Gasteiger partial charge >= 0.3 is 0 Å². The summed E-state index contributed by atoms with van der Waals surface area (Å²) in [7, 11) is 0. The third-order valence-electron chi connectivity index (χ3n) is 3.23. The Kier molecular flexibility index (Phi) is 4.98.